The van der Waals surface area contributed by atoms with Gasteiger partial charge >= 0.3 is 0 Å². The minimum Gasteiger partial charge on any atom is -0.381 e. The maximum absolute atomic E-state index is 5.43. The van der Waals surface area contributed by atoms with Crippen LogP contribution in [0.25, 0.3) is 0 Å². The Labute approximate surface area is 720 Å². The molecule has 9 saturated heterocycles. The van der Waals surface area contributed by atoms with E-state index in [0.717, 1.165) is 108 Å². The summed E-state index contributed by atoms with van der Waals surface area (Å²) < 4.78 is 48.2. The molecule has 684 valence electrons. The monoisotopic (exact) mass is 1650 g/mol. The zero-order chi connectivity index (χ0) is 83.3. The highest BCUT2D eigenvalue weighted by atomic mass is 16.5. The number of nitrogens with zero attached hydrogens (tertiary/aromatic N) is 9. The van der Waals surface area contributed by atoms with Crippen molar-refractivity contribution in [1.29, 1.82) is 0 Å². The van der Waals surface area contributed by atoms with Crippen molar-refractivity contribution in [2.45, 2.75) is 403 Å². The second-order valence-corrected chi connectivity index (χ2v) is 42.4. The van der Waals surface area contributed by atoms with Crippen LogP contribution < -0.4 is 0 Å². The van der Waals surface area contributed by atoms with E-state index in [0.29, 0.717) is 54.9 Å². The predicted octanol–water partition coefficient (Wildman–Crippen LogP) is 17.1. The molecular formula is C99H189N9O9. The second kappa shape index (κ2) is 51.9. The normalized spacial score (nSPS) is 38.8. The summed E-state index contributed by atoms with van der Waals surface area (Å²) in [7, 11) is 16.6. The quantitative estimate of drug-likeness (QED) is 0.130. The number of hydrogen-bond donors (Lipinski definition) is 0. The summed E-state index contributed by atoms with van der Waals surface area (Å²) in [5.74, 6) is 8.45. The molecule has 18 aliphatic rings. The zero-order valence-corrected chi connectivity index (χ0v) is 79.5. The molecule has 6 unspecified atom stereocenters. The molecule has 0 bridgehead atoms. The van der Waals surface area contributed by atoms with E-state index in [1.165, 1.54) is 349 Å². The predicted molar refractivity (Wildman–Crippen MR) is 484 cm³/mol. The van der Waals surface area contributed by atoms with Gasteiger partial charge in [-0.2, -0.15) is 0 Å². The minimum absolute atomic E-state index is 0.541. The van der Waals surface area contributed by atoms with Crippen molar-refractivity contribution < 1.29 is 42.6 Å². The van der Waals surface area contributed by atoms with E-state index in [2.05, 4.69) is 106 Å². The van der Waals surface area contributed by atoms with Gasteiger partial charge < -0.3 is 67.1 Å². The maximum Gasteiger partial charge on any atom is 0.0601 e. The van der Waals surface area contributed by atoms with Crippen LogP contribution in [-0.2, 0) is 42.6 Å². The summed E-state index contributed by atoms with van der Waals surface area (Å²) >= 11 is 0. The fraction of sp³-hybridized carbons (Fsp3) is 1.00. The van der Waals surface area contributed by atoms with Crippen molar-refractivity contribution in [3.63, 3.8) is 0 Å². The van der Waals surface area contributed by atoms with Gasteiger partial charge in [-0.05, 0) is 343 Å². The van der Waals surface area contributed by atoms with Crippen LogP contribution in [-0.4, -0.2) is 335 Å². The first-order valence-electron chi connectivity index (χ1n) is 50.1. The molecule has 0 N–H and O–H groups in total. The van der Waals surface area contributed by atoms with Crippen LogP contribution in [0.3, 0.4) is 0 Å². The van der Waals surface area contributed by atoms with Crippen molar-refractivity contribution in [3.8, 4) is 0 Å². The first-order valence-corrected chi connectivity index (χ1v) is 50.1. The number of likely N-dealkylation sites (tertiary alicyclic amines) is 9. The third-order valence-corrected chi connectivity index (χ3v) is 33.0. The van der Waals surface area contributed by atoms with Gasteiger partial charge in [-0.25, -0.2) is 0 Å². The molecule has 9 aliphatic carbocycles. The fourth-order valence-electron chi connectivity index (χ4n) is 23.6. The third kappa shape index (κ3) is 31.9. The van der Waals surface area contributed by atoms with E-state index in [-0.39, 0.29) is 0 Å². The third-order valence-electron chi connectivity index (χ3n) is 33.0. The first kappa shape index (κ1) is 98.5. The molecule has 117 heavy (non-hydrogen) atoms. The fourth-order valence-corrected chi connectivity index (χ4v) is 23.6. The maximum atomic E-state index is 5.43. The molecule has 0 spiro atoms. The molecule has 0 amide bonds. The van der Waals surface area contributed by atoms with Crippen LogP contribution in [0.5, 0.6) is 0 Å². The molecule has 0 aromatic carbocycles. The van der Waals surface area contributed by atoms with Gasteiger partial charge in [-0.15, -0.1) is 0 Å². The van der Waals surface area contributed by atoms with Gasteiger partial charge in [0.15, 0.2) is 0 Å². The van der Waals surface area contributed by atoms with Gasteiger partial charge in [0.05, 0.1) is 54.9 Å². The van der Waals surface area contributed by atoms with Gasteiger partial charge in [0.1, 0.15) is 0 Å². The van der Waals surface area contributed by atoms with Crippen LogP contribution in [0, 0.1) is 53.3 Å². The molecule has 18 nitrogen and oxygen atoms in total. The molecule has 18 heteroatoms. The standard InChI is InChI=1S/C13H25NO.2C12H23NO.3C11H21NO.2C10H19NO.C9H17NO/c1-11-7-9-14(10-8-11)12-3-5-13(15-2)6-4-12;1-10-7-8-13(9-10)11-3-5-12(14-2)6-4-11;1-10-5-7-13(8-6-10)11-3-4-12(9-11)14-2;1-9-7-12(8-9)10-3-5-11(13-2)6-4-10;1-9-3-5-12(6-4-9)10-7-11(8-10)13-2;1-9-5-6-12(8-9)10-3-4-11(7-10)13-2;1-8-6-11(7-8)9-3-4-10(5-9)12-2;1-8-3-4-11(7-8)9-5-10(6-9)12-2;1-7-5-10(6-7)8-3-9(4-8)11-2/h11-13H,3-10H2,1-2H3;2*10-12H,3-9H2,1-2H3;3*9-11H,3-8H2,1-2H3;2*8-10H,3-7H2,1-2H3;7-9H,3-6H2,1-2H3/t;10-,11?,12?;;;;9-,10?,11?;;8-,9?,10?;/m.0...0.0./s1. The lowest BCUT2D eigenvalue weighted by molar-refractivity contribution is -0.0612. The Kier molecular flexibility index (Phi) is 43.7. The van der Waals surface area contributed by atoms with Gasteiger partial charge in [-0.3, -0.25) is 19.6 Å². The van der Waals surface area contributed by atoms with Crippen molar-refractivity contribution in [2.24, 2.45) is 53.3 Å². The van der Waals surface area contributed by atoms with Crippen molar-refractivity contribution in [3.05, 3.63) is 0 Å². The topological polar surface area (TPSA) is 112 Å². The second-order valence-electron chi connectivity index (χ2n) is 42.4. The van der Waals surface area contributed by atoms with E-state index in [9.17, 15) is 0 Å². The molecule has 9 aliphatic heterocycles. The van der Waals surface area contributed by atoms with Crippen molar-refractivity contribution in [2.75, 3.05) is 182 Å². The average Bonchev–Trinajstić information content (AvgIpc) is 1.51. The highest BCUT2D eigenvalue weighted by Gasteiger charge is 2.42. The highest BCUT2D eigenvalue weighted by molar-refractivity contribution is 4.97. The van der Waals surface area contributed by atoms with Crippen LogP contribution in [0.15, 0.2) is 0 Å². The Morgan fingerprint density at radius 2 is 0.299 bits per heavy atom. The lowest BCUT2D eigenvalue weighted by Gasteiger charge is -2.49. The lowest BCUT2D eigenvalue weighted by Crippen LogP contribution is -2.57. The number of hydrogen-bond acceptors (Lipinski definition) is 18. The van der Waals surface area contributed by atoms with Crippen molar-refractivity contribution >= 4 is 0 Å². The van der Waals surface area contributed by atoms with E-state index in [1.807, 2.05) is 64.0 Å². The van der Waals surface area contributed by atoms with E-state index < -0.39 is 0 Å². The Morgan fingerprint density at radius 3 is 0.573 bits per heavy atom. The molecule has 0 aromatic heterocycles. The summed E-state index contributed by atoms with van der Waals surface area (Å²) in [6, 6.07) is 7.65. The Balaban J connectivity index is 0.000000139. The SMILES string of the molecule is COC1CC(N2CC(C)C2)C1.COC1CC(N2CCC(C)CC2)C1.COC1CC(N2CC[C@H](C)C2)C1.COC1CCC(N2CC(C)C2)C1.COC1CCC(N2CC(C)C2)CC1.COC1CCC(N2CCC(C)CC2)C1.COC1CCC(N2CCC(C)CC2)CC1.COC1CCC(N2CC[C@H](C)C2)C1.COC1CCC(N2CC[C@H](C)C2)CC1. The number of piperidine rings is 3. The zero-order valence-electron chi connectivity index (χ0n) is 79.5. The molecule has 0 radical (unpaired) electrons. The largest absolute Gasteiger partial charge is 0.381 e. The molecule has 9 atom stereocenters. The Hall–Kier alpha value is -0.720. The van der Waals surface area contributed by atoms with Crippen LogP contribution in [0.1, 0.15) is 293 Å². The summed E-state index contributed by atoms with van der Waals surface area (Å²) in [4.78, 5) is 23.9. The van der Waals surface area contributed by atoms with E-state index in [4.69, 9.17) is 42.6 Å². The lowest BCUT2D eigenvalue weighted by atomic mass is 9.84. The van der Waals surface area contributed by atoms with Gasteiger partial charge in [0.2, 0.25) is 0 Å². The van der Waals surface area contributed by atoms with Crippen LogP contribution in [0.4, 0.5) is 0 Å². The Bertz CT molecular complexity index is 2540. The average molecular weight is 1650 g/mol. The summed E-state index contributed by atoms with van der Waals surface area (Å²) in [5, 5.41) is 0. The molecular weight excluding hydrogens is 1460 g/mol. The van der Waals surface area contributed by atoms with Crippen LogP contribution >= 0.6 is 0 Å². The molecule has 18 fully saturated rings. The first-order chi connectivity index (χ1) is 56.6. The number of ether oxygens (including phenoxy) is 9. The summed E-state index contributed by atoms with van der Waals surface area (Å²) in [6.07, 6.45) is 52.6. The molecule has 0 aromatic rings. The van der Waals surface area contributed by atoms with Gasteiger partial charge in [0, 0.05) is 177 Å². The minimum atomic E-state index is 0.541. The van der Waals surface area contributed by atoms with E-state index in [1.54, 1.807) is 0 Å². The van der Waals surface area contributed by atoms with Gasteiger partial charge in [-0.1, -0.05) is 62.3 Å². The number of methoxy groups -OCH3 is 9. The highest BCUT2D eigenvalue weighted by Crippen LogP contribution is 2.39. The molecule has 18 rings (SSSR count). The van der Waals surface area contributed by atoms with Crippen molar-refractivity contribution in [1.82, 2.24) is 44.1 Å². The summed E-state index contributed by atoms with van der Waals surface area (Å²) in [6.45, 7) is 45.1. The van der Waals surface area contributed by atoms with E-state index >= 15 is 0 Å². The molecule has 9 heterocycles. The Morgan fingerprint density at radius 1 is 0.137 bits per heavy atom. The number of rotatable bonds is 18. The van der Waals surface area contributed by atoms with Gasteiger partial charge in [0.25, 0.3) is 0 Å². The smallest absolute Gasteiger partial charge is 0.0601 e. The molecule has 9 saturated carbocycles. The van der Waals surface area contributed by atoms with Crippen LogP contribution in [0.2, 0.25) is 0 Å². The summed E-state index contributed by atoms with van der Waals surface area (Å²) in [5.41, 5.74) is 0.